The molecule has 0 bridgehead atoms. The summed E-state index contributed by atoms with van der Waals surface area (Å²) in [5.74, 6) is 1.60. The number of H-pyrrole nitrogens is 1. The molecule has 0 amide bonds. The third-order valence-electron chi connectivity index (χ3n) is 5.39. The number of aromatic amines is 1. The van der Waals surface area contributed by atoms with Gasteiger partial charge in [-0.15, -0.1) is 0 Å². The van der Waals surface area contributed by atoms with E-state index in [-0.39, 0.29) is 11.6 Å². The van der Waals surface area contributed by atoms with E-state index in [0.29, 0.717) is 12.1 Å². The van der Waals surface area contributed by atoms with Gasteiger partial charge < -0.3 is 0 Å². The first kappa shape index (κ1) is 18.3. The van der Waals surface area contributed by atoms with Crippen LogP contribution in [0.2, 0.25) is 0 Å². The maximum absolute atomic E-state index is 12.7. The van der Waals surface area contributed by atoms with Crippen molar-refractivity contribution in [3.63, 3.8) is 0 Å². The molecule has 0 saturated heterocycles. The van der Waals surface area contributed by atoms with Gasteiger partial charge in [0.1, 0.15) is 11.6 Å². The zero-order valence-electron chi connectivity index (χ0n) is 17.1. The van der Waals surface area contributed by atoms with Crippen LogP contribution in [0, 0.1) is 13.8 Å². The number of hydrogen-bond donors (Lipinski definition) is 1. The highest BCUT2D eigenvalue weighted by Gasteiger charge is 2.14. The molecule has 1 N–H and O–H groups in total. The number of nitrogens with one attached hydrogen (secondary N) is 1. The number of benzene rings is 2. The van der Waals surface area contributed by atoms with Crippen LogP contribution in [0.3, 0.4) is 0 Å². The summed E-state index contributed by atoms with van der Waals surface area (Å²) >= 11 is 0. The van der Waals surface area contributed by atoms with Crippen LogP contribution in [-0.2, 0) is 6.42 Å². The minimum absolute atomic E-state index is 0.0550. The molecule has 3 heterocycles. The van der Waals surface area contributed by atoms with E-state index in [2.05, 4.69) is 52.4 Å². The Bertz CT molecular complexity index is 1440. The van der Waals surface area contributed by atoms with E-state index < -0.39 is 0 Å². The van der Waals surface area contributed by atoms with Crippen molar-refractivity contribution in [2.24, 2.45) is 0 Å². The van der Waals surface area contributed by atoms with Gasteiger partial charge in [0, 0.05) is 24.1 Å². The second-order valence-corrected chi connectivity index (χ2v) is 7.72. The summed E-state index contributed by atoms with van der Waals surface area (Å²) in [6.07, 6.45) is 0.603. The summed E-state index contributed by atoms with van der Waals surface area (Å²) in [7, 11) is 0. The molecule has 0 saturated carbocycles. The lowest BCUT2D eigenvalue weighted by atomic mass is 10.1. The van der Waals surface area contributed by atoms with Gasteiger partial charge in [-0.1, -0.05) is 36.4 Å². The highest BCUT2D eigenvalue weighted by molar-refractivity contribution is 5.87. The molecule has 0 unspecified atom stereocenters. The fourth-order valence-corrected chi connectivity index (χ4v) is 3.99. The van der Waals surface area contributed by atoms with Crippen LogP contribution in [0.15, 0.2) is 59.4 Å². The second kappa shape index (κ2) is 6.95. The van der Waals surface area contributed by atoms with Crippen molar-refractivity contribution in [1.82, 2.24) is 29.4 Å². The standard InChI is InChI=1S/C23H22N6O/c1-14(28-16(3)24-15(2)26-28)10-20-12-23(30)29-22(25-20)13-21(27-29)19-9-8-17-6-4-5-7-18(17)11-19/h4-9,11-14,27H,10H2,1-3H3/t14-/m0/s1. The maximum atomic E-state index is 12.7. The van der Waals surface area contributed by atoms with E-state index in [0.717, 1.165) is 34.0 Å². The van der Waals surface area contributed by atoms with Crippen molar-refractivity contribution in [2.45, 2.75) is 33.2 Å². The Morgan fingerprint density at radius 3 is 2.57 bits per heavy atom. The summed E-state index contributed by atoms with van der Waals surface area (Å²) in [6.45, 7) is 5.87. The van der Waals surface area contributed by atoms with Crippen molar-refractivity contribution in [1.29, 1.82) is 0 Å². The summed E-state index contributed by atoms with van der Waals surface area (Å²) in [6, 6.07) is 18.0. The summed E-state index contributed by atoms with van der Waals surface area (Å²) in [5, 5.41) is 9.97. The Balaban J connectivity index is 1.51. The Morgan fingerprint density at radius 2 is 1.80 bits per heavy atom. The first-order chi connectivity index (χ1) is 14.5. The van der Waals surface area contributed by atoms with Crippen LogP contribution in [-0.4, -0.2) is 29.4 Å². The van der Waals surface area contributed by atoms with Gasteiger partial charge in [-0.05, 0) is 37.6 Å². The molecule has 0 aliphatic heterocycles. The molecule has 0 fully saturated rings. The van der Waals surface area contributed by atoms with Gasteiger partial charge in [-0.2, -0.15) is 5.10 Å². The van der Waals surface area contributed by atoms with E-state index in [4.69, 9.17) is 4.98 Å². The van der Waals surface area contributed by atoms with Gasteiger partial charge in [-0.25, -0.2) is 19.2 Å². The van der Waals surface area contributed by atoms with Crippen LogP contribution in [0.4, 0.5) is 0 Å². The summed E-state index contributed by atoms with van der Waals surface area (Å²) < 4.78 is 3.38. The molecule has 0 aliphatic rings. The average Bonchev–Trinajstić information content (AvgIpc) is 3.30. The molecule has 150 valence electrons. The molecular weight excluding hydrogens is 376 g/mol. The molecular formula is C23H22N6O. The summed E-state index contributed by atoms with van der Waals surface area (Å²) in [5.41, 5.74) is 3.10. The highest BCUT2D eigenvalue weighted by atomic mass is 16.1. The van der Waals surface area contributed by atoms with E-state index in [1.165, 1.54) is 9.90 Å². The number of rotatable bonds is 4. The lowest BCUT2D eigenvalue weighted by Gasteiger charge is -2.12. The quantitative estimate of drug-likeness (QED) is 0.499. The normalized spacial score (nSPS) is 12.6. The van der Waals surface area contributed by atoms with E-state index in [9.17, 15) is 4.79 Å². The predicted molar refractivity (Wildman–Crippen MR) is 117 cm³/mol. The van der Waals surface area contributed by atoms with Crippen LogP contribution < -0.4 is 5.56 Å². The van der Waals surface area contributed by atoms with Crippen molar-refractivity contribution in [3.05, 3.63) is 82.3 Å². The van der Waals surface area contributed by atoms with Crippen LogP contribution >= 0.6 is 0 Å². The third-order valence-corrected chi connectivity index (χ3v) is 5.39. The van der Waals surface area contributed by atoms with Crippen molar-refractivity contribution >= 4 is 16.4 Å². The van der Waals surface area contributed by atoms with Crippen LogP contribution in [0.5, 0.6) is 0 Å². The second-order valence-electron chi connectivity index (χ2n) is 7.72. The smallest absolute Gasteiger partial charge is 0.272 e. The fourth-order valence-electron chi connectivity index (χ4n) is 3.99. The molecule has 1 atom stereocenters. The number of aromatic nitrogens is 6. The van der Waals surface area contributed by atoms with E-state index >= 15 is 0 Å². The zero-order chi connectivity index (χ0) is 20.8. The summed E-state index contributed by atoms with van der Waals surface area (Å²) in [4.78, 5) is 21.8. The van der Waals surface area contributed by atoms with Crippen molar-refractivity contribution in [2.75, 3.05) is 0 Å². The first-order valence-corrected chi connectivity index (χ1v) is 9.98. The van der Waals surface area contributed by atoms with Gasteiger partial charge in [-0.3, -0.25) is 9.89 Å². The Hall–Kier alpha value is -3.74. The molecule has 0 aliphatic carbocycles. The Morgan fingerprint density at radius 1 is 1.00 bits per heavy atom. The van der Waals surface area contributed by atoms with Gasteiger partial charge >= 0.3 is 0 Å². The van der Waals surface area contributed by atoms with Crippen molar-refractivity contribution in [3.8, 4) is 11.3 Å². The molecule has 0 radical (unpaired) electrons. The Labute approximate surface area is 173 Å². The first-order valence-electron chi connectivity index (χ1n) is 9.98. The minimum atomic E-state index is -0.124. The van der Waals surface area contributed by atoms with Gasteiger partial charge in [0.25, 0.3) is 5.56 Å². The molecule has 7 heteroatoms. The van der Waals surface area contributed by atoms with Crippen LogP contribution in [0.1, 0.15) is 30.3 Å². The number of nitrogens with zero attached hydrogens (tertiary/aromatic N) is 5. The molecule has 30 heavy (non-hydrogen) atoms. The fraction of sp³-hybridized carbons (Fsp3) is 0.217. The van der Waals surface area contributed by atoms with E-state index in [1.807, 2.05) is 36.7 Å². The number of fused-ring (bicyclic) bond motifs is 2. The SMILES string of the molecule is Cc1nc(C)n([C@@H](C)Cc2cc(=O)n3[nH]c(-c4ccc5ccccc5c4)cc3n2)n1. The van der Waals surface area contributed by atoms with E-state index in [1.54, 1.807) is 6.07 Å². The zero-order valence-corrected chi connectivity index (χ0v) is 17.1. The highest BCUT2D eigenvalue weighted by Crippen LogP contribution is 2.24. The average molecular weight is 398 g/mol. The maximum Gasteiger partial charge on any atom is 0.272 e. The monoisotopic (exact) mass is 398 g/mol. The molecule has 5 aromatic rings. The number of aryl methyl sites for hydroxylation is 2. The van der Waals surface area contributed by atoms with Gasteiger partial charge in [0.2, 0.25) is 0 Å². The Kier molecular flexibility index (Phi) is 4.24. The van der Waals surface area contributed by atoms with Crippen molar-refractivity contribution < 1.29 is 0 Å². The van der Waals surface area contributed by atoms with Gasteiger partial charge in [0.15, 0.2) is 5.65 Å². The molecule has 3 aromatic heterocycles. The lowest BCUT2D eigenvalue weighted by molar-refractivity contribution is 0.469. The molecule has 7 nitrogen and oxygen atoms in total. The van der Waals surface area contributed by atoms with Gasteiger partial charge in [0.05, 0.1) is 17.4 Å². The predicted octanol–water partition coefficient (Wildman–Crippen LogP) is 3.85. The third kappa shape index (κ3) is 3.18. The lowest BCUT2D eigenvalue weighted by Crippen LogP contribution is -2.18. The molecule has 2 aromatic carbocycles. The number of hydrogen-bond acceptors (Lipinski definition) is 4. The van der Waals surface area contributed by atoms with Crippen LogP contribution in [0.25, 0.3) is 27.7 Å². The largest absolute Gasteiger partial charge is 0.289 e. The molecule has 0 spiro atoms. The molecule has 5 rings (SSSR count). The minimum Gasteiger partial charge on any atom is -0.289 e. The topological polar surface area (TPSA) is 80.9 Å².